The van der Waals surface area contributed by atoms with Gasteiger partial charge in [-0.15, -0.1) is 0 Å². The molecule has 5 heteroatoms. The van der Waals surface area contributed by atoms with E-state index in [0.717, 1.165) is 47.9 Å². The van der Waals surface area contributed by atoms with Crippen LogP contribution in [-0.2, 0) is 0 Å². The van der Waals surface area contributed by atoms with Gasteiger partial charge in [-0.05, 0) is 43.7 Å². The molecule has 2 aliphatic carbocycles. The van der Waals surface area contributed by atoms with Crippen LogP contribution in [0.5, 0.6) is 0 Å². The quantitative estimate of drug-likeness (QED) is 0.714. The summed E-state index contributed by atoms with van der Waals surface area (Å²) in [5.41, 5.74) is 3.15. The van der Waals surface area contributed by atoms with E-state index in [1.165, 1.54) is 0 Å². The molecular formula is C19H22N4O. The molecule has 5 nitrogen and oxygen atoms in total. The van der Waals surface area contributed by atoms with Crippen molar-refractivity contribution in [3.63, 3.8) is 0 Å². The smallest absolute Gasteiger partial charge is 0.0997 e. The lowest BCUT2D eigenvalue weighted by atomic mass is 9.81. The third-order valence-corrected chi connectivity index (χ3v) is 5.01. The molecule has 0 bridgehead atoms. The molecule has 0 radical (unpaired) electrons. The zero-order chi connectivity index (χ0) is 16.5. The second-order valence-electron chi connectivity index (χ2n) is 6.86. The van der Waals surface area contributed by atoms with E-state index in [4.69, 9.17) is 10.5 Å². The Labute approximate surface area is 141 Å². The summed E-state index contributed by atoms with van der Waals surface area (Å²) in [6.07, 6.45) is 9.66. The van der Waals surface area contributed by atoms with E-state index in [1.54, 1.807) is 12.4 Å². The van der Waals surface area contributed by atoms with Crippen LogP contribution in [0.2, 0.25) is 0 Å². The molecule has 0 amide bonds. The molecule has 2 fully saturated rings. The van der Waals surface area contributed by atoms with Crippen molar-refractivity contribution >= 4 is 22.2 Å². The number of hydrogen-bond acceptors (Lipinski definition) is 5. The van der Waals surface area contributed by atoms with E-state index in [2.05, 4.69) is 15.3 Å². The molecule has 2 heterocycles. The predicted octanol–water partition coefficient (Wildman–Crippen LogP) is 2.76. The largest absolute Gasteiger partial charge is 0.396 e. The number of nitrogens with one attached hydrogen (secondary N) is 2. The van der Waals surface area contributed by atoms with Gasteiger partial charge in [-0.3, -0.25) is 9.97 Å². The molecule has 3 N–H and O–H groups in total. The molecule has 0 atom stereocenters. The van der Waals surface area contributed by atoms with Crippen LogP contribution < -0.4 is 5.32 Å². The van der Waals surface area contributed by atoms with Crippen molar-refractivity contribution in [3.05, 3.63) is 42.5 Å². The molecule has 2 saturated carbocycles. The van der Waals surface area contributed by atoms with Crippen molar-refractivity contribution in [2.45, 2.75) is 31.7 Å². The topological polar surface area (TPSA) is 81.9 Å². The van der Waals surface area contributed by atoms with Crippen LogP contribution >= 0.6 is 0 Å². The van der Waals surface area contributed by atoms with Gasteiger partial charge in [0.15, 0.2) is 0 Å². The lowest BCUT2D eigenvalue weighted by Gasteiger charge is -2.34. The molecule has 24 heavy (non-hydrogen) atoms. The monoisotopic (exact) mass is 322 g/mol. The van der Waals surface area contributed by atoms with Gasteiger partial charge in [-0.25, -0.2) is 0 Å². The Hall–Kier alpha value is -2.27. The van der Waals surface area contributed by atoms with Gasteiger partial charge in [0.25, 0.3) is 0 Å². The van der Waals surface area contributed by atoms with Crippen molar-refractivity contribution in [2.24, 2.45) is 11.8 Å². The summed E-state index contributed by atoms with van der Waals surface area (Å²) in [7, 11) is 0. The lowest BCUT2D eigenvalue weighted by molar-refractivity contribution is 0.133. The highest BCUT2D eigenvalue weighted by Gasteiger charge is 2.31. The zero-order valence-corrected chi connectivity index (χ0v) is 13.6. The molecule has 2 aromatic rings. The van der Waals surface area contributed by atoms with Gasteiger partial charge in [0.1, 0.15) is 0 Å². The lowest BCUT2D eigenvalue weighted by Crippen LogP contribution is -2.40. The minimum atomic E-state index is 0.265. The minimum absolute atomic E-state index is 0.265. The number of allylic oxidation sites excluding steroid dienone is 1. The van der Waals surface area contributed by atoms with Crippen molar-refractivity contribution in [3.8, 4) is 0 Å². The van der Waals surface area contributed by atoms with E-state index in [9.17, 15) is 0 Å². The molecule has 0 spiro atoms. The average molecular weight is 322 g/mol. The summed E-state index contributed by atoms with van der Waals surface area (Å²) in [5.74, 6) is 0.768. The number of hydrogen-bond donors (Lipinski definition) is 3. The standard InChI is InChI=1S/C19H22N4O/c20-17(13-3-4-13)16(10-23-15-8-12(9-15)11-24)19-18-14(5-7-22-19)2-1-6-21-18/h1-2,5-7,10,12-13,15,20,23-24H,3-4,8-9,11H2/b16-10+,20-17?. The van der Waals surface area contributed by atoms with Gasteiger partial charge in [-0.2, -0.15) is 0 Å². The molecule has 4 rings (SSSR count). The van der Waals surface area contributed by atoms with Crippen molar-refractivity contribution < 1.29 is 5.11 Å². The van der Waals surface area contributed by atoms with Gasteiger partial charge in [0.05, 0.1) is 11.2 Å². The Morgan fingerprint density at radius 3 is 2.83 bits per heavy atom. The number of fused-ring (bicyclic) bond motifs is 1. The van der Waals surface area contributed by atoms with Gasteiger partial charge in [-0.1, -0.05) is 6.07 Å². The van der Waals surface area contributed by atoms with Gasteiger partial charge in [0.2, 0.25) is 0 Å². The van der Waals surface area contributed by atoms with Crippen molar-refractivity contribution in [1.82, 2.24) is 15.3 Å². The minimum Gasteiger partial charge on any atom is -0.396 e. The summed E-state index contributed by atoms with van der Waals surface area (Å²) in [5, 5.41) is 22.2. The maximum Gasteiger partial charge on any atom is 0.0997 e. The number of pyridine rings is 2. The van der Waals surface area contributed by atoms with Crippen LogP contribution in [0, 0.1) is 17.2 Å². The highest BCUT2D eigenvalue weighted by Crippen LogP contribution is 2.36. The van der Waals surface area contributed by atoms with E-state index < -0.39 is 0 Å². The Morgan fingerprint density at radius 1 is 1.25 bits per heavy atom. The highest BCUT2D eigenvalue weighted by atomic mass is 16.3. The van der Waals surface area contributed by atoms with Crippen LogP contribution in [0.15, 0.2) is 36.8 Å². The van der Waals surface area contributed by atoms with Crippen LogP contribution in [0.25, 0.3) is 16.5 Å². The summed E-state index contributed by atoms with van der Waals surface area (Å²) in [4.78, 5) is 9.03. The third-order valence-electron chi connectivity index (χ3n) is 5.01. The van der Waals surface area contributed by atoms with E-state index >= 15 is 0 Å². The predicted molar refractivity (Wildman–Crippen MR) is 94.7 cm³/mol. The first kappa shape index (κ1) is 15.3. The van der Waals surface area contributed by atoms with Crippen molar-refractivity contribution in [2.75, 3.05) is 6.61 Å². The van der Waals surface area contributed by atoms with Crippen molar-refractivity contribution in [1.29, 1.82) is 5.41 Å². The second kappa shape index (κ2) is 6.32. The molecule has 0 aliphatic heterocycles. The number of aromatic nitrogens is 2. The van der Waals surface area contributed by atoms with Crippen LogP contribution in [0.1, 0.15) is 31.4 Å². The number of aliphatic hydroxyl groups excluding tert-OH is 1. The molecule has 124 valence electrons. The summed E-state index contributed by atoms with van der Waals surface area (Å²) >= 11 is 0. The number of rotatable bonds is 6. The van der Waals surface area contributed by atoms with Gasteiger partial charge in [0, 0.05) is 53.8 Å². The number of nitrogens with zero attached hydrogens (tertiary/aromatic N) is 2. The maximum absolute atomic E-state index is 9.15. The fourth-order valence-electron chi connectivity index (χ4n) is 3.29. The molecular weight excluding hydrogens is 300 g/mol. The Morgan fingerprint density at radius 2 is 2.08 bits per heavy atom. The molecule has 0 unspecified atom stereocenters. The van der Waals surface area contributed by atoms with E-state index in [1.807, 2.05) is 24.4 Å². The van der Waals surface area contributed by atoms with Gasteiger partial charge < -0.3 is 15.8 Å². The SMILES string of the molecule is N=C(/C(=C\NC1CC(CO)C1)c1nccc2cccnc12)C1CC1. The van der Waals surface area contributed by atoms with Crippen LogP contribution in [0.4, 0.5) is 0 Å². The zero-order valence-electron chi connectivity index (χ0n) is 13.6. The third kappa shape index (κ3) is 2.91. The van der Waals surface area contributed by atoms with Gasteiger partial charge >= 0.3 is 0 Å². The summed E-state index contributed by atoms with van der Waals surface area (Å²) in [6, 6.07) is 6.28. The van der Waals surface area contributed by atoms with Crippen LogP contribution in [-0.4, -0.2) is 33.4 Å². The molecule has 0 aromatic carbocycles. The first-order valence-electron chi connectivity index (χ1n) is 8.62. The summed E-state index contributed by atoms with van der Waals surface area (Å²) < 4.78 is 0. The molecule has 0 saturated heterocycles. The van der Waals surface area contributed by atoms with E-state index in [0.29, 0.717) is 23.6 Å². The summed E-state index contributed by atoms with van der Waals surface area (Å²) in [6.45, 7) is 0.265. The second-order valence-corrected chi connectivity index (χ2v) is 6.86. The normalized spacial score (nSPS) is 23.8. The highest BCUT2D eigenvalue weighted by molar-refractivity contribution is 6.25. The van der Waals surface area contributed by atoms with E-state index in [-0.39, 0.29) is 6.61 Å². The van der Waals surface area contributed by atoms with Crippen LogP contribution in [0.3, 0.4) is 0 Å². The number of aliphatic hydroxyl groups is 1. The molecule has 2 aliphatic rings. The molecule has 2 aromatic heterocycles. The first-order valence-corrected chi connectivity index (χ1v) is 8.62. The fraction of sp³-hybridized carbons (Fsp3) is 0.421. The Kier molecular flexibility index (Phi) is 4.02. The Bertz CT molecular complexity index is 786. The Balaban J connectivity index is 1.66. The first-order chi connectivity index (χ1) is 11.8. The fourth-order valence-corrected chi connectivity index (χ4v) is 3.29. The maximum atomic E-state index is 9.15. The average Bonchev–Trinajstić information content (AvgIpc) is 3.41.